The molecule has 0 unspecified atom stereocenters. The first kappa shape index (κ1) is 12.8. The molecule has 0 fully saturated rings. The third-order valence-corrected chi connectivity index (χ3v) is 4.14. The van der Waals surface area contributed by atoms with Crippen LogP contribution in [0.4, 0.5) is 0 Å². The van der Waals surface area contributed by atoms with Crippen molar-refractivity contribution < 1.29 is 0 Å². The van der Waals surface area contributed by atoms with Gasteiger partial charge in [0.05, 0.1) is 5.56 Å². The Labute approximate surface area is 123 Å². The number of hydrogen-bond donors (Lipinski definition) is 0. The summed E-state index contributed by atoms with van der Waals surface area (Å²) in [6.45, 7) is 4.76. The van der Waals surface area contributed by atoms with E-state index in [1.165, 1.54) is 16.7 Å². The summed E-state index contributed by atoms with van der Waals surface area (Å²) in [5.41, 5.74) is 6.36. The summed E-state index contributed by atoms with van der Waals surface area (Å²) < 4.78 is 2.68. The molecule has 2 aromatic rings. The van der Waals surface area contributed by atoms with Gasteiger partial charge in [0.25, 0.3) is 0 Å². The van der Waals surface area contributed by atoms with Gasteiger partial charge < -0.3 is 4.57 Å². The zero-order chi connectivity index (χ0) is 14.3. The van der Waals surface area contributed by atoms with Crippen LogP contribution in [-0.4, -0.2) is 4.57 Å². The van der Waals surface area contributed by atoms with Gasteiger partial charge in [-0.25, -0.2) is 0 Å². The molecule has 0 saturated heterocycles. The predicted molar refractivity (Wildman–Crippen MR) is 83.8 cm³/mol. The highest BCUT2D eigenvalue weighted by molar-refractivity contribution is 7.71. The van der Waals surface area contributed by atoms with E-state index in [4.69, 9.17) is 12.2 Å². The Bertz CT molecular complexity index is 818. The molecule has 1 aromatic heterocycles. The van der Waals surface area contributed by atoms with Gasteiger partial charge in [-0.15, -0.1) is 0 Å². The van der Waals surface area contributed by atoms with E-state index in [0.29, 0.717) is 10.2 Å². The zero-order valence-corrected chi connectivity index (χ0v) is 12.3. The number of nitrogens with zero attached hydrogens (tertiary/aromatic N) is 2. The molecule has 1 aliphatic rings. The van der Waals surface area contributed by atoms with Crippen LogP contribution in [0, 0.1) is 29.8 Å². The summed E-state index contributed by atoms with van der Waals surface area (Å²) in [7, 11) is 0. The molecule has 2 nitrogen and oxygen atoms in total. The van der Waals surface area contributed by atoms with Crippen molar-refractivity contribution in [1.82, 2.24) is 4.57 Å². The van der Waals surface area contributed by atoms with Crippen LogP contribution < -0.4 is 0 Å². The molecule has 3 rings (SSSR count). The second-order valence-electron chi connectivity index (χ2n) is 5.17. The highest BCUT2D eigenvalue weighted by Gasteiger charge is 2.16. The maximum Gasteiger partial charge on any atom is 0.124 e. The summed E-state index contributed by atoms with van der Waals surface area (Å²) in [6, 6.07) is 12.7. The first-order valence-electron chi connectivity index (χ1n) is 6.52. The summed E-state index contributed by atoms with van der Waals surface area (Å²) in [6.07, 6.45) is 2.16. The van der Waals surface area contributed by atoms with Gasteiger partial charge in [0.1, 0.15) is 10.7 Å². The lowest BCUT2D eigenvalue weighted by molar-refractivity contribution is 0.819. The Morgan fingerprint density at radius 1 is 1.20 bits per heavy atom. The van der Waals surface area contributed by atoms with Crippen molar-refractivity contribution in [1.29, 1.82) is 5.26 Å². The number of aryl methyl sites for hydroxylation is 2. The predicted octanol–water partition coefficient (Wildman–Crippen LogP) is 4.26. The monoisotopic (exact) mass is 278 g/mol. The van der Waals surface area contributed by atoms with E-state index in [-0.39, 0.29) is 0 Å². The van der Waals surface area contributed by atoms with Gasteiger partial charge in [-0.1, -0.05) is 42.0 Å². The van der Waals surface area contributed by atoms with E-state index in [0.717, 1.165) is 17.8 Å². The van der Waals surface area contributed by atoms with Gasteiger partial charge in [-0.05, 0) is 42.7 Å². The molecule has 0 spiro atoms. The molecule has 3 heteroatoms. The summed E-state index contributed by atoms with van der Waals surface area (Å²) in [5.74, 6) is 0. The van der Waals surface area contributed by atoms with Gasteiger partial charge in [0.2, 0.25) is 0 Å². The molecule has 0 aliphatic carbocycles. The third-order valence-electron chi connectivity index (χ3n) is 3.71. The largest absolute Gasteiger partial charge is 0.327 e. The number of nitriles is 1. The average molecular weight is 278 g/mol. The average Bonchev–Trinajstić information content (AvgIpc) is 2.84. The Kier molecular flexibility index (Phi) is 3.04. The molecule has 0 amide bonds. The Morgan fingerprint density at radius 2 is 1.90 bits per heavy atom. The minimum absolute atomic E-state index is 0.613. The minimum Gasteiger partial charge on any atom is -0.327 e. The van der Waals surface area contributed by atoms with E-state index in [1.54, 1.807) is 0 Å². The Morgan fingerprint density at radius 3 is 2.55 bits per heavy atom. The lowest BCUT2D eigenvalue weighted by Gasteiger charge is -2.08. The van der Waals surface area contributed by atoms with Crippen LogP contribution >= 0.6 is 12.2 Å². The maximum absolute atomic E-state index is 9.20. The van der Waals surface area contributed by atoms with Crippen LogP contribution in [-0.2, 0) is 6.54 Å². The van der Waals surface area contributed by atoms with Crippen molar-refractivity contribution in [2.45, 2.75) is 20.4 Å². The van der Waals surface area contributed by atoms with Crippen LogP contribution in [0.3, 0.4) is 0 Å². The molecule has 0 bridgehead atoms. The quantitative estimate of drug-likeness (QED) is 0.729. The van der Waals surface area contributed by atoms with Crippen LogP contribution in [0.15, 0.2) is 30.3 Å². The number of rotatable bonds is 1. The second kappa shape index (κ2) is 4.73. The molecule has 98 valence electrons. The first-order valence-corrected chi connectivity index (χ1v) is 6.93. The van der Waals surface area contributed by atoms with Crippen molar-refractivity contribution in [3.8, 4) is 6.07 Å². The fourth-order valence-corrected chi connectivity index (χ4v) is 2.92. The highest BCUT2D eigenvalue weighted by Crippen LogP contribution is 2.29. The number of hydrogen-bond acceptors (Lipinski definition) is 2. The maximum atomic E-state index is 9.20. The first-order chi connectivity index (χ1) is 9.60. The van der Waals surface area contributed by atoms with Crippen molar-refractivity contribution in [2.75, 3.05) is 0 Å². The summed E-state index contributed by atoms with van der Waals surface area (Å²) in [4.78, 5) is 0. The summed E-state index contributed by atoms with van der Waals surface area (Å²) >= 11 is 5.44. The Balaban J connectivity index is 2.08. The van der Waals surface area contributed by atoms with E-state index >= 15 is 0 Å². The molecule has 0 saturated carbocycles. The standard InChI is InChI=1S/C17H14N2S/c1-11-3-5-13(6-4-11)14-8-15-7-12(2)16(9-18)17(20)19(15)10-14/h3-8H,10H2,1-2H3. The van der Waals surface area contributed by atoms with Crippen molar-refractivity contribution >= 4 is 23.9 Å². The number of aromatic nitrogens is 1. The molecule has 1 aliphatic heterocycles. The van der Waals surface area contributed by atoms with Crippen molar-refractivity contribution in [3.05, 3.63) is 62.9 Å². The number of allylic oxidation sites excluding steroid dienone is 1. The normalized spacial score (nSPS) is 12.8. The highest BCUT2D eigenvalue weighted by atomic mass is 32.1. The number of benzene rings is 1. The van der Waals surface area contributed by atoms with Gasteiger partial charge in [-0.3, -0.25) is 0 Å². The minimum atomic E-state index is 0.613. The van der Waals surface area contributed by atoms with Crippen molar-refractivity contribution in [2.24, 2.45) is 0 Å². The van der Waals surface area contributed by atoms with E-state index in [2.05, 4.69) is 43.3 Å². The number of pyridine rings is 1. The van der Waals surface area contributed by atoms with Gasteiger partial charge in [0.15, 0.2) is 0 Å². The molecule has 0 atom stereocenters. The van der Waals surface area contributed by atoms with Gasteiger partial charge >= 0.3 is 0 Å². The van der Waals surface area contributed by atoms with E-state index in [9.17, 15) is 5.26 Å². The second-order valence-corrected chi connectivity index (χ2v) is 5.55. The Hall–Kier alpha value is -2.18. The van der Waals surface area contributed by atoms with Gasteiger partial charge in [-0.2, -0.15) is 5.26 Å². The lowest BCUT2D eigenvalue weighted by Crippen LogP contribution is -2.03. The van der Waals surface area contributed by atoms with Crippen LogP contribution in [0.25, 0.3) is 11.6 Å². The van der Waals surface area contributed by atoms with Crippen LogP contribution in [0.1, 0.15) is 27.9 Å². The van der Waals surface area contributed by atoms with Crippen LogP contribution in [0.2, 0.25) is 0 Å². The molecule has 20 heavy (non-hydrogen) atoms. The lowest BCUT2D eigenvalue weighted by atomic mass is 10.0. The molecular weight excluding hydrogens is 264 g/mol. The molecule has 2 heterocycles. The molecular formula is C17H14N2S. The molecule has 0 N–H and O–H groups in total. The van der Waals surface area contributed by atoms with Gasteiger partial charge in [0, 0.05) is 12.2 Å². The number of fused-ring (bicyclic) bond motifs is 1. The van der Waals surface area contributed by atoms with E-state index in [1.807, 2.05) is 17.6 Å². The van der Waals surface area contributed by atoms with Crippen LogP contribution in [0.5, 0.6) is 0 Å². The van der Waals surface area contributed by atoms with Crippen molar-refractivity contribution in [3.63, 3.8) is 0 Å². The smallest absolute Gasteiger partial charge is 0.124 e. The molecule has 0 radical (unpaired) electrons. The fraction of sp³-hybridized carbons (Fsp3) is 0.176. The summed E-state index contributed by atoms with van der Waals surface area (Å²) in [5, 5.41) is 9.20. The third kappa shape index (κ3) is 1.99. The fourth-order valence-electron chi connectivity index (χ4n) is 2.55. The SMILES string of the molecule is Cc1ccc(C2=Cc3cc(C)c(C#N)c(=S)n3C2)cc1. The molecule has 1 aromatic carbocycles. The van der Waals surface area contributed by atoms with E-state index < -0.39 is 0 Å². The zero-order valence-electron chi connectivity index (χ0n) is 11.5. The topological polar surface area (TPSA) is 28.7 Å².